The summed E-state index contributed by atoms with van der Waals surface area (Å²) < 4.78 is 0. The standard InChI is InChI=1S/C16H19N3O3/c20-14(21)7-3-10-18-16(22)19-11-8-13-5-1-4-12-6-2-9-17-15(12)13/h1-2,4-6,9H,3,7-8,10-11H2,(H,20,21)(H2,18,19,22). The number of para-hydroxylation sites is 1. The van der Waals surface area contributed by atoms with Crippen LogP contribution in [-0.2, 0) is 11.2 Å². The van der Waals surface area contributed by atoms with Crippen LogP contribution < -0.4 is 10.6 Å². The van der Waals surface area contributed by atoms with Crippen LogP contribution in [0, 0.1) is 0 Å². The van der Waals surface area contributed by atoms with Crippen LogP contribution in [0.5, 0.6) is 0 Å². The molecule has 0 aliphatic carbocycles. The van der Waals surface area contributed by atoms with E-state index in [1.54, 1.807) is 6.20 Å². The molecule has 0 atom stereocenters. The molecule has 0 saturated carbocycles. The zero-order valence-corrected chi connectivity index (χ0v) is 12.2. The maximum Gasteiger partial charge on any atom is 0.314 e. The molecule has 0 saturated heterocycles. The largest absolute Gasteiger partial charge is 0.481 e. The Balaban J connectivity index is 1.76. The minimum absolute atomic E-state index is 0.0575. The number of rotatable bonds is 7. The molecule has 0 bridgehead atoms. The molecule has 0 unspecified atom stereocenters. The first kappa shape index (κ1) is 15.8. The van der Waals surface area contributed by atoms with Crippen LogP contribution in [0.2, 0.25) is 0 Å². The fourth-order valence-electron chi connectivity index (χ4n) is 2.18. The molecule has 3 N–H and O–H groups in total. The molecule has 6 heteroatoms. The van der Waals surface area contributed by atoms with E-state index >= 15 is 0 Å². The molecule has 0 aliphatic heterocycles. The monoisotopic (exact) mass is 301 g/mol. The maximum atomic E-state index is 11.6. The van der Waals surface area contributed by atoms with Crippen LogP contribution in [0.1, 0.15) is 18.4 Å². The predicted molar refractivity (Wildman–Crippen MR) is 83.7 cm³/mol. The number of carboxylic acid groups (broad SMARTS) is 1. The number of hydrogen-bond donors (Lipinski definition) is 3. The summed E-state index contributed by atoms with van der Waals surface area (Å²) in [7, 11) is 0. The number of pyridine rings is 1. The second-order valence-electron chi connectivity index (χ2n) is 4.92. The molecule has 1 aromatic carbocycles. The highest BCUT2D eigenvalue weighted by Crippen LogP contribution is 2.15. The number of carboxylic acids is 1. The lowest BCUT2D eigenvalue weighted by Crippen LogP contribution is -2.37. The minimum atomic E-state index is -0.856. The maximum absolute atomic E-state index is 11.6. The average Bonchev–Trinajstić information content (AvgIpc) is 2.52. The molecule has 2 rings (SSSR count). The van der Waals surface area contributed by atoms with E-state index in [1.807, 2.05) is 30.3 Å². The quantitative estimate of drug-likeness (QED) is 0.682. The Kier molecular flexibility index (Phi) is 5.71. The minimum Gasteiger partial charge on any atom is -0.481 e. The number of nitrogens with zero attached hydrogens (tertiary/aromatic N) is 1. The lowest BCUT2D eigenvalue weighted by molar-refractivity contribution is -0.137. The van der Waals surface area contributed by atoms with Crippen LogP contribution in [0.4, 0.5) is 4.79 Å². The van der Waals surface area contributed by atoms with E-state index in [0.717, 1.165) is 16.5 Å². The number of carbonyl (C=O) groups is 2. The number of hydrogen-bond acceptors (Lipinski definition) is 3. The first-order valence-corrected chi connectivity index (χ1v) is 7.23. The summed E-state index contributed by atoms with van der Waals surface area (Å²) in [4.78, 5) is 26.3. The van der Waals surface area contributed by atoms with Gasteiger partial charge in [0.05, 0.1) is 5.52 Å². The Labute approximate surface area is 128 Å². The fraction of sp³-hybridized carbons (Fsp3) is 0.312. The van der Waals surface area contributed by atoms with Gasteiger partial charge in [-0.2, -0.15) is 0 Å². The molecule has 116 valence electrons. The summed E-state index contributed by atoms with van der Waals surface area (Å²) in [5.41, 5.74) is 2.04. The van der Waals surface area contributed by atoms with Gasteiger partial charge in [-0.25, -0.2) is 4.79 Å². The fourth-order valence-corrected chi connectivity index (χ4v) is 2.18. The smallest absolute Gasteiger partial charge is 0.314 e. The first-order chi connectivity index (χ1) is 10.7. The van der Waals surface area contributed by atoms with E-state index < -0.39 is 5.97 Å². The molecule has 1 heterocycles. The molecule has 2 amide bonds. The highest BCUT2D eigenvalue weighted by atomic mass is 16.4. The number of benzene rings is 1. The second kappa shape index (κ2) is 7.97. The zero-order valence-electron chi connectivity index (χ0n) is 12.2. The van der Waals surface area contributed by atoms with Crippen molar-refractivity contribution in [3.8, 4) is 0 Å². The van der Waals surface area contributed by atoms with Crippen LogP contribution >= 0.6 is 0 Å². The highest BCUT2D eigenvalue weighted by Gasteiger charge is 2.04. The van der Waals surface area contributed by atoms with Crippen molar-refractivity contribution in [1.29, 1.82) is 0 Å². The summed E-state index contributed by atoms with van der Waals surface area (Å²) in [6.45, 7) is 0.856. The Bertz CT molecular complexity index is 653. The van der Waals surface area contributed by atoms with Gasteiger partial charge in [-0.05, 0) is 24.5 Å². The van der Waals surface area contributed by atoms with Crippen molar-refractivity contribution in [3.63, 3.8) is 0 Å². The average molecular weight is 301 g/mol. The zero-order chi connectivity index (χ0) is 15.8. The molecule has 6 nitrogen and oxygen atoms in total. The van der Waals surface area contributed by atoms with E-state index in [2.05, 4.69) is 15.6 Å². The Morgan fingerprint density at radius 1 is 1.09 bits per heavy atom. The molecule has 2 aromatic rings. The van der Waals surface area contributed by atoms with Crippen LogP contribution in [0.3, 0.4) is 0 Å². The second-order valence-corrected chi connectivity index (χ2v) is 4.92. The van der Waals surface area contributed by atoms with Gasteiger partial charge in [-0.1, -0.05) is 24.3 Å². The summed E-state index contributed by atoms with van der Waals surface area (Å²) in [5.74, 6) is -0.856. The van der Waals surface area contributed by atoms with Gasteiger partial charge >= 0.3 is 12.0 Å². The molecule has 22 heavy (non-hydrogen) atoms. The van der Waals surface area contributed by atoms with Crippen LogP contribution in [-0.4, -0.2) is 35.2 Å². The van der Waals surface area contributed by atoms with Crippen molar-refractivity contribution in [2.75, 3.05) is 13.1 Å². The third kappa shape index (κ3) is 4.73. The SMILES string of the molecule is O=C(O)CCCNC(=O)NCCc1cccc2cccnc12. The van der Waals surface area contributed by atoms with Gasteiger partial charge in [0, 0.05) is 31.1 Å². The van der Waals surface area contributed by atoms with Gasteiger partial charge in [0.15, 0.2) is 0 Å². The molecular formula is C16H19N3O3. The van der Waals surface area contributed by atoms with Crippen molar-refractivity contribution >= 4 is 22.9 Å². The van der Waals surface area contributed by atoms with Crippen LogP contribution in [0.15, 0.2) is 36.5 Å². The predicted octanol–water partition coefficient (Wildman–Crippen LogP) is 1.94. The van der Waals surface area contributed by atoms with Crippen LogP contribution in [0.25, 0.3) is 10.9 Å². The molecule has 0 radical (unpaired) electrons. The number of urea groups is 1. The van der Waals surface area contributed by atoms with Gasteiger partial charge in [0.1, 0.15) is 0 Å². The van der Waals surface area contributed by atoms with E-state index in [9.17, 15) is 9.59 Å². The normalized spacial score (nSPS) is 10.4. The van der Waals surface area contributed by atoms with Crippen molar-refractivity contribution in [2.45, 2.75) is 19.3 Å². The number of aliphatic carboxylic acids is 1. The summed E-state index contributed by atoms with van der Waals surface area (Å²) in [5, 5.41) is 15.0. The summed E-state index contributed by atoms with van der Waals surface area (Å²) in [6, 6.07) is 9.61. The van der Waals surface area contributed by atoms with Crippen molar-refractivity contribution in [2.24, 2.45) is 0 Å². The third-order valence-corrected chi connectivity index (χ3v) is 3.25. The van der Waals surface area contributed by atoms with Crippen molar-refractivity contribution in [3.05, 3.63) is 42.1 Å². The number of amides is 2. The number of carbonyl (C=O) groups excluding carboxylic acids is 1. The van der Waals surface area contributed by atoms with E-state index in [4.69, 9.17) is 5.11 Å². The Morgan fingerprint density at radius 2 is 1.86 bits per heavy atom. The Hall–Kier alpha value is -2.63. The third-order valence-electron chi connectivity index (χ3n) is 3.25. The Morgan fingerprint density at radius 3 is 2.68 bits per heavy atom. The van der Waals surface area contributed by atoms with Gasteiger partial charge in [-0.3, -0.25) is 9.78 Å². The molecule has 0 aliphatic rings. The van der Waals surface area contributed by atoms with Crippen molar-refractivity contribution < 1.29 is 14.7 Å². The lowest BCUT2D eigenvalue weighted by atomic mass is 10.1. The summed E-state index contributed by atoms with van der Waals surface area (Å²) in [6.07, 6.45) is 2.93. The number of nitrogens with one attached hydrogen (secondary N) is 2. The first-order valence-electron chi connectivity index (χ1n) is 7.23. The van der Waals surface area contributed by atoms with E-state index in [-0.39, 0.29) is 12.5 Å². The van der Waals surface area contributed by atoms with Gasteiger partial charge in [-0.15, -0.1) is 0 Å². The molecule has 1 aromatic heterocycles. The number of fused-ring (bicyclic) bond motifs is 1. The van der Waals surface area contributed by atoms with Gasteiger partial charge in [0.25, 0.3) is 0 Å². The topological polar surface area (TPSA) is 91.3 Å². The molecule has 0 fully saturated rings. The van der Waals surface area contributed by atoms with Gasteiger partial charge in [0.2, 0.25) is 0 Å². The van der Waals surface area contributed by atoms with Gasteiger partial charge < -0.3 is 15.7 Å². The summed E-state index contributed by atoms with van der Waals surface area (Å²) >= 11 is 0. The van der Waals surface area contributed by atoms with E-state index in [0.29, 0.717) is 25.9 Å². The lowest BCUT2D eigenvalue weighted by Gasteiger charge is -2.08. The highest BCUT2D eigenvalue weighted by molar-refractivity contribution is 5.81. The molecular weight excluding hydrogens is 282 g/mol. The molecule has 0 spiro atoms. The van der Waals surface area contributed by atoms with E-state index in [1.165, 1.54) is 0 Å². The van der Waals surface area contributed by atoms with Crippen molar-refractivity contribution in [1.82, 2.24) is 15.6 Å². The number of aromatic nitrogens is 1.